The van der Waals surface area contributed by atoms with Crippen LogP contribution >= 0.6 is 35.3 Å². The third-order valence-corrected chi connectivity index (χ3v) is 4.23. The van der Waals surface area contributed by atoms with Crippen molar-refractivity contribution >= 4 is 41.3 Å². The van der Waals surface area contributed by atoms with Gasteiger partial charge in [-0.1, -0.05) is 0 Å². The smallest absolute Gasteiger partial charge is 0.191 e. The fourth-order valence-electron chi connectivity index (χ4n) is 2.10. The maximum atomic E-state index is 4.64. The van der Waals surface area contributed by atoms with Gasteiger partial charge in [-0.3, -0.25) is 0 Å². The van der Waals surface area contributed by atoms with Gasteiger partial charge in [0.15, 0.2) is 5.96 Å². The summed E-state index contributed by atoms with van der Waals surface area (Å²) in [6.45, 7) is 9.52. The zero-order chi connectivity index (χ0) is 15.8. The molecule has 0 aliphatic heterocycles. The molecule has 2 rings (SSSR count). The fraction of sp³-hybridized carbons (Fsp3) is 0.533. The van der Waals surface area contributed by atoms with Crippen LogP contribution in [0.2, 0.25) is 0 Å². The van der Waals surface area contributed by atoms with E-state index in [9.17, 15) is 0 Å². The van der Waals surface area contributed by atoms with Crippen LogP contribution < -0.4 is 10.6 Å². The molecular formula is C15H25IN6S. The van der Waals surface area contributed by atoms with E-state index in [2.05, 4.69) is 37.1 Å². The van der Waals surface area contributed by atoms with Crippen molar-refractivity contribution in [3.8, 4) is 0 Å². The number of nitrogens with one attached hydrogen (secondary N) is 2. The molecule has 128 valence electrons. The summed E-state index contributed by atoms with van der Waals surface area (Å²) >= 11 is 1.72. The van der Waals surface area contributed by atoms with Crippen LogP contribution in [0.4, 0.5) is 0 Å². The van der Waals surface area contributed by atoms with Crippen LogP contribution in [-0.4, -0.2) is 33.6 Å². The molecule has 0 aliphatic rings. The van der Waals surface area contributed by atoms with Crippen LogP contribution in [0.3, 0.4) is 0 Å². The zero-order valence-corrected chi connectivity index (χ0v) is 17.0. The number of imidazole rings is 1. The Labute approximate surface area is 158 Å². The van der Waals surface area contributed by atoms with E-state index in [1.807, 2.05) is 26.4 Å². The lowest BCUT2D eigenvalue weighted by Gasteiger charge is -2.11. The number of hydrogen-bond acceptors (Lipinski definition) is 4. The number of halogens is 1. The molecule has 0 saturated heterocycles. The predicted octanol–water partition coefficient (Wildman–Crippen LogP) is 2.72. The Balaban J connectivity index is 0.00000264. The summed E-state index contributed by atoms with van der Waals surface area (Å²) in [4.78, 5) is 14.3. The highest BCUT2D eigenvalue weighted by atomic mass is 127. The molecule has 0 amide bonds. The summed E-state index contributed by atoms with van der Waals surface area (Å²) in [5, 5.41) is 7.74. The van der Waals surface area contributed by atoms with Crippen LogP contribution in [0.1, 0.15) is 28.9 Å². The Morgan fingerprint density at radius 3 is 2.78 bits per heavy atom. The fourth-order valence-corrected chi connectivity index (χ4v) is 2.96. The lowest BCUT2D eigenvalue weighted by Crippen LogP contribution is -2.38. The van der Waals surface area contributed by atoms with Gasteiger partial charge >= 0.3 is 0 Å². The van der Waals surface area contributed by atoms with Crippen LogP contribution in [-0.2, 0) is 13.1 Å². The average Bonchev–Trinajstić information content (AvgIpc) is 3.10. The number of aryl methyl sites for hydroxylation is 3. The lowest BCUT2D eigenvalue weighted by molar-refractivity contribution is 0.625. The maximum Gasteiger partial charge on any atom is 0.191 e. The van der Waals surface area contributed by atoms with Gasteiger partial charge in [-0.25, -0.2) is 15.0 Å². The molecule has 2 aromatic heterocycles. The Kier molecular flexibility index (Phi) is 9.15. The van der Waals surface area contributed by atoms with Gasteiger partial charge in [0.05, 0.1) is 23.6 Å². The van der Waals surface area contributed by atoms with Crippen molar-refractivity contribution in [2.45, 2.75) is 40.3 Å². The first-order valence-electron chi connectivity index (χ1n) is 7.60. The van der Waals surface area contributed by atoms with Crippen molar-refractivity contribution in [2.24, 2.45) is 4.99 Å². The molecule has 8 heteroatoms. The molecule has 23 heavy (non-hydrogen) atoms. The molecule has 0 atom stereocenters. The Bertz CT molecular complexity index is 593. The molecule has 6 nitrogen and oxygen atoms in total. The molecule has 0 radical (unpaired) electrons. The predicted molar refractivity (Wildman–Crippen MR) is 107 cm³/mol. The first kappa shape index (κ1) is 19.9. The molecule has 0 aromatic carbocycles. The largest absolute Gasteiger partial charge is 0.357 e. The van der Waals surface area contributed by atoms with Crippen molar-refractivity contribution in [3.05, 3.63) is 34.3 Å². The van der Waals surface area contributed by atoms with E-state index in [0.717, 1.165) is 42.7 Å². The van der Waals surface area contributed by atoms with Gasteiger partial charge in [-0.2, -0.15) is 0 Å². The van der Waals surface area contributed by atoms with Crippen molar-refractivity contribution < 1.29 is 0 Å². The first-order chi connectivity index (χ1) is 10.7. The lowest BCUT2D eigenvalue weighted by atomic mass is 10.4. The van der Waals surface area contributed by atoms with E-state index >= 15 is 0 Å². The number of rotatable bonds is 7. The van der Waals surface area contributed by atoms with E-state index in [-0.39, 0.29) is 24.0 Å². The van der Waals surface area contributed by atoms with Gasteiger partial charge in [0, 0.05) is 36.9 Å². The average molecular weight is 448 g/mol. The topological polar surface area (TPSA) is 67.1 Å². The van der Waals surface area contributed by atoms with Crippen LogP contribution in [0, 0.1) is 13.8 Å². The summed E-state index contributed by atoms with van der Waals surface area (Å²) < 4.78 is 2.08. The van der Waals surface area contributed by atoms with Gasteiger partial charge in [-0.05, 0) is 27.2 Å². The standard InChI is InChI=1S/C15H24N6S.HI/c1-4-17-15(18-6-5-8-21-9-7-16-11-21)19-10-14-12(2)20-13(3)22-14;/h7,9,11H,4-6,8,10H2,1-3H3,(H2,17,18,19);1H. The van der Waals surface area contributed by atoms with E-state index in [1.165, 1.54) is 4.88 Å². The second-order valence-electron chi connectivity index (χ2n) is 5.02. The summed E-state index contributed by atoms with van der Waals surface area (Å²) in [5.74, 6) is 0.860. The van der Waals surface area contributed by atoms with E-state index in [1.54, 1.807) is 17.5 Å². The van der Waals surface area contributed by atoms with E-state index in [4.69, 9.17) is 0 Å². The number of aliphatic imine (C=N–C) groups is 1. The Morgan fingerprint density at radius 2 is 2.17 bits per heavy atom. The Hall–Kier alpha value is -1.16. The highest BCUT2D eigenvalue weighted by molar-refractivity contribution is 14.0. The SMILES string of the molecule is CCNC(=NCc1sc(C)nc1C)NCCCn1ccnc1.I. The molecule has 2 aromatic rings. The third-order valence-electron chi connectivity index (χ3n) is 3.17. The van der Waals surface area contributed by atoms with E-state index in [0.29, 0.717) is 6.54 Å². The number of guanidine groups is 1. The van der Waals surface area contributed by atoms with Gasteiger partial charge in [-0.15, -0.1) is 35.3 Å². The van der Waals surface area contributed by atoms with Crippen molar-refractivity contribution in [2.75, 3.05) is 13.1 Å². The van der Waals surface area contributed by atoms with Crippen molar-refractivity contribution in [1.29, 1.82) is 0 Å². The Morgan fingerprint density at radius 1 is 1.35 bits per heavy atom. The summed E-state index contributed by atoms with van der Waals surface area (Å²) in [5.41, 5.74) is 1.09. The normalized spacial score (nSPS) is 11.2. The summed E-state index contributed by atoms with van der Waals surface area (Å²) in [7, 11) is 0. The van der Waals surface area contributed by atoms with Crippen molar-refractivity contribution in [3.63, 3.8) is 0 Å². The highest BCUT2D eigenvalue weighted by Crippen LogP contribution is 2.17. The molecule has 0 aliphatic carbocycles. The highest BCUT2D eigenvalue weighted by Gasteiger charge is 2.04. The molecule has 2 N–H and O–H groups in total. The monoisotopic (exact) mass is 448 g/mol. The number of aromatic nitrogens is 3. The molecule has 0 bridgehead atoms. The van der Waals surface area contributed by atoms with Crippen LogP contribution in [0.25, 0.3) is 0 Å². The van der Waals surface area contributed by atoms with Crippen molar-refractivity contribution in [1.82, 2.24) is 25.2 Å². The zero-order valence-electron chi connectivity index (χ0n) is 13.9. The molecule has 2 heterocycles. The first-order valence-corrected chi connectivity index (χ1v) is 8.41. The third kappa shape index (κ3) is 6.86. The second-order valence-corrected chi connectivity index (χ2v) is 6.31. The quantitative estimate of drug-likeness (QED) is 0.296. The number of hydrogen-bond donors (Lipinski definition) is 2. The van der Waals surface area contributed by atoms with Gasteiger partial charge in [0.25, 0.3) is 0 Å². The number of nitrogens with zero attached hydrogens (tertiary/aromatic N) is 4. The van der Waals surface area contributed by atoms with Gasteiger partial charge < -0.3 is 15.2 Å². The molecular weight excluding hydrogens is 423 g/mol. The molecule has 0 unspecified atom stereocenters. The molecule has 0 fully saturated rings. The minimum atomic E-state index is 0. The van der Waals surface area contributed by atoms with Gasteiger partial charge in [0.2, 0.25) is 0 Å². The summed E-state index contributed by atoms with van der Waals surface area (Å²) in [6, 6.07) is 0. The second kappa shape index (κ2) is 10.6. The van der Waals surface area contributed by atoms with E-state index < -0.39 is 0 Å². The maximum absolute atomic E-state index is 4.64. The number of thiazole rings is 1. The molecule has 0 saturated carbocycles. The summed E-state index contributed by atoms with van der Waals surface area (Å²) in [6.07, 6.45) is 6.65. The van der Waals surface area contributed by atoms with Crippen LogP contribution in [0.5, 0.6) is 0 Å². The molecule has 0 spiro atoms. The minimum absolute atomic E-state index is 0. The van der Waals surface area contributed by atoms with Crippen LogP contribution in [0.15, 0.2) is 23.7 Å². The van der Waals surface area contributed by atoms with Gasteiger partial charge in [0.1, 0.15) is 0 Å². The minimum Gasteiger partial charge on any atom is -0.357 e.